The number of aryl methyl sites for hydroxylation is 2. The Kier molecular flexibility index (Phi) is 8.89. The molecule has 0 radical (unpaired) electrons. The van der Waals surface area contributed by atoms with E-state index >= 15 is 0 Å². The molecule has 0 saturated carbocycles. The maximum absolute atomic E-state index is 12.2. The lowest BCUT2D eigenvalue weighted by Gasteiger charge is -2.16. The first-order valence-corrected chi connectivity index (χ1v) is 8.33. The molecule has 1 aromatic rings. The van der Waals surface area contributed by atoms with Crippen LogP contribution in [-0.2, 0) is 17.6 Å². The van der Waals surface area contributed by atoms with Crippen molar-refractivity contribution in [1.82, 2.24) is 10.6 Å². The number of benzene rings is 1. The summed E-state index contributed by atoms with van der Waals surface area (Å²) in [6.45, 7) is 4.30. The monoisotopic (exact) mass is 338 g/mol. The third-order valence-electron chi connectivity index (χ3n) is 4.12. The number of fused-ring (bicyclic) bond motifs is 1. The zero-order valence-corrected chi connectivity index (χ0v) is 14.6. The van der Waals surface area contributed by atoms with Crippen molar-refractivity contribution in [2.24, 2.45) is 0 Å². The van der Waals surface area contributed by atoms with Gasteiger partial charge in [-0.05, 0) is 49.4 Å². The summed E-state index contributed by atoms with van der Waals surface area (Å²) in [4.78, 5) is 23.9. The van der Waals surface area contributed by atoms with E-state index in [0.717, 1.165) is 31.5 Å². The van der Waals surface area contributed by atoms with Gasteiger partial charge in [-0.25, -0.2) is 0 Å². The molecule has 0 aliphatic heterocycles. The Balaban J connectivity index is 0.00000264. The minimum absolute atomic E-state index is 0. The van der Waals surface area contributed by atoms with E-state index in [1.54, 1.807) is 0 Å². The summed E-state index contributed by atoms with van der Waals surface area (Å²) in [5, 5.41) is 5.96. The summed E-state index contributed by atoms with van der Waals surface area (Å²) in [7, 11) is 0. The number of rotatable bonds is 8. The van der Waals surface area contributed by atoms with Gasteiger partial charge in [0.1, 0.15) is 0 Å². The fourth-order valence-corrected chi connectivity index (χ4v) is 2.83. The number of Topliss-reactive ketones (excluding diaryl/α,β-unsaturated/α-hetero) is 1. The minimum Gasteiger partial charge on any atom is -0.355 e. The van der Waals surface area contributed by atoms with Gasteiger partial charge in [0.25, 0.3) is 0 Å². The molecule has 128 valence electrons. The Morgan fingerprint density at radius 1 is 1.04 bits per heavy atom. The van der Waals surface area contributed by atoms with Crippen LogP contribution in [0.1, 0.15) is 54.1 Å². The summed E-state index contributed by atoms with van der Waals surface area (Å²) in [5.41, 5.74) is 3.44. The lowest BCUT2D eigenvalue weighted by atomic mass is 9.89. The smallest absolute Gasteiger partial charge is 0.220 e. The topological polar surface area (TPSA) is 58.2 Å². The zero-order chi connectivity index (χ0) is 15.8. The van der Waals surface area contributed by atoms with Crippen molar-refractivity contribution in [3.8, 4) is 0 Å². The first-order chi connectivity index (χ1) is 10.7. The van der Waals surface area contributed by atoms with Crippen molar-refractivity contribution < 1.29 is 9.59 Å². The molecule has 4 nitrogen and oxygen atoms in total. The van der Waals surface area contributed by atoms with Gasteiger partial charge < -0.3 is 10.6 Å². The number of halogens is 1. The molecule has 0 heterocycles. The molecule has 1 amide bonds. The molecule has 0 unspecified atom stereocenters. The lowest BCUT2D eigenvalue weighted by molar-refractivity contribution is -0.121. The highest BCUT2D eigenvalue weighted by Gasteiger charge is 2.13. The maximum atomic E-state index is 12.2. The summed E-state index contributed by atoms with van der Waals surface area (Å²) >= 11 is 0. The van der Waals surface area contributed by atoms with Gasteiger partial charge in [0.2, 0.25) is 5.91 Å². The normalized spacial score (nSPS) is 12.9. The van der Waals surface area contributed by atoms with Crippen molar-refractivity contribution in [1.29, 1.82) is 0 Å². The van der Waals surface area contributed by atoms with E-state index in [4.69, 9.17) is 0 Å². The standard InChI is InChI=1S/C18H26N2O2.ClH/c1-2-19-11-12-20-18(22)10-9-17(21)16-8-7-14-5-3-4-6-15(14)13-16;/h7-8,13,19H,2-6,9-12H2,1H3,(H,20,22);1H. The largest absolute Gasteiger partial charge is 0.355 e. The predicted octanol–water partition coefficient (Wildman–Crippen LogP) is 2.68. The van der Waals surface area contributed by atoms with E-state index in [0.29, 0.717) is 6.54 Å². The van der Waals surface area contributed by atoms with Crippen LogP contribution >= 0.6 is 12.4 Å². The van der Waals surface area contributed by atoms with Gasteiger partial charge in [-0.15, -0.1) is 12.4 Å². The summed E-state index contributed by atoms with van der Waals surface area (Å²) in [6, 6.07) is 6.02. The summed E-state index contributed by atoms with van der Waals surface area (Å²) in [5.74, 6) is 0.0134. The average Bonchev–Trinajstić information content (AvgIpc) is 2.56. The van der Waals surface area contributed by atoms with E-state index < -0.39 is 0 Å². The fraction of sp³-hybridized carbons (Fsp3) is 0.556. The molecule has 0 saturated heterocycles. The van der Waals surface area contributed by atoms with Gasteiger partial charge in [-0.2, -0.15) is 0 Å². The van der Waals surface area contributed by atoms with Crippen LogP contribution in [0, 0.1) is 0 Å². The highest BCUT2D eigenvalue weighted by molar-refractivity contribution is 5.98. The van der Waals surface area contributed by atoms with E-state index in [1.807, 2.05) is 19.1 Å². The van der Waals surface area contributed by atoms with Crippen LogP contribution in [0.25, 0.3) is 0 Å². The van der Waals surface area contributed by atoms with Crippen molar-refractivity contribution in [3.63, 3.8) is 0 Å². The third kappa shape index (κ3) is 6.32. The Morgan fingerprint density at radius 3 is 2.52 bits per heavy atom. The molecular weight excluding hydrogens is 312 g/mol. The molecule has 0 atom stereocenters. The minimum atomic E-state index is -0.0517. The second-order valence-electron chi connectivity index (χ2n) is 5.82. The molecular formula is C18H27ClN2O2. The first-order valence-electron chi connectivity index (χ1n) is 8.33. The number of carbonyl (C=O) groups excluding carboxylic acids is 2. The number of nitrogens with one attached hydrogen (secondary N) is 2. The molecule has 2 N–H and O–H groups in total. The predicted molar refractivity (Wildman–Crippen MR) is 95.4 cm³/mol. The lowest BCUT2D eigenvalue weighted by Crippen LogP contribution is -2.31. The van der Waals surface area contributed by atoms with Crippen LogP contribution in [0.4, 0.5) is 0 Å². The molecule has 23 heavy (non-hydrogen) atoms. The quantitative estimate of drug-likeness (QED) is 0.566. The zero-order valence-electron chi connectivity index (χ0n) is 13.8. The van der Waals surface area contributed by atoms with Crippen molar-refractivity contribution >= 4 is 24.1 Å². The molecule has 1 aliphatic rings. The number of hydrogen-bond donors (Lipinski definition) is 2. The van der Waals surface area contributed by atoms with Crippen LogP contribution in [0.15, 0.2) is 18.2 Å². The van der Waals surface area contributed by atoms with E-state index in [1.165, 1.54) is 24.0 Å². The summed E-state index contributed by atoms with van der Waals surface area (Å²) in [6.07, 6.45) is 5.19. The second-order valence-corrected chi connectivity index (χ2v) is 5.82. The second kappa shape index (κ2) is 10.4. The highest BCUT2D eigenvalue weighted by atomic mass is 35.5. The molecule has 0 bridgehead atoms. The van der Waals surface area contributed by atoms with E-state index in [2.05, 4.69) is 16.7 Å². The molecule has 0 aromatic heterocycles. The average molecular weight is 339 g/mol. The van der Waals surface area contributed by atoms with Crippen LogP contribution in [0.5, 0.6) is 0 Å². The van der Waals surface area contributed by atoms with Crippen molar-refractivity contribution in [2.45, 2.75) is 45.4 Å². The number of carbonyl (C=O) groups is 2. The van der Waals surface area contributed by atoms with Crippen LogP contribution in [0.2, 0.25) is 0 Å². The number of likely N-dealkylation sites (N-methyl/N-ethyl adjacent to an activating group) is 1. The molecule has 2 rings (SSSR count). The van der Waals surface area contributed by atoms with Crippen molar-refractivity contribution in [3.05, 3.63) is 34.9 Å². The number of amides is 1. The van der Waals surface area contributed by atoms with Gasteiger partial charge in [-0.3, -0.25) is 9.59 Å². The number of hydrogen-bond acceptors (Lipinski definition) is 3. The van der Waals surface area contributed by atoms with Crippen LogP contribution in [-0.4, -0.2) is 31.3 Å². The Morgan fingerprint density at radius 2 is 1.78 bits per heavy atom. The Hall–Kier alpha value is -1.39. The number of ketones is 1. The van der Waals surface area contributed by atoms with E-state index in [9.17, 15) is 9.59 Å². The Labute approximate surface area is 144 Å². The van der Waals surface area contributed by atoms with Gasteiger partial charge in [0.05, 0.1) is 0 Å². The first kappa shape index (κ1) is 19.7. The molecule has 1 aromatic carbocycles. The summed E-state index contributed by atoms with van der Waals surface area (Å²) < 4.78 is 0. The molecule has 0 fully saturated rings. The van der Waals surface area contributed by atoms with Crippen molar-refractivity contribution in [2.75, 3.05) is 19.6 Å². The van der Waals surface area contributed by atoms with Gasteiger partial charge in [-0.1, -0.05) is 19.1 Å². The SMILES string of the molecule is CCNCCNC(=O)CCC(=O)c1ccc2c(c1)CCCC2.Cl. The molecule has 0 spiro atoms. The molecule has 5 heteroatoms. The van der Waals surface area contributed by atoms with E-state index in [-0.39, 0.29) is 36.9 Å². The van der Waals surface area contributed by atoms with Crippen LogP contribution in [0.3, 0.4) is 0 Å². The van der Waals surface area contributed by atoms with Gasteiger partial charge in [0, 0.05) is 31.5 Å². The van der Waals surface area contributed by atoms with Crippen LogP contribution < -0.4 is 10.6 Å². The van der Waals surface area contributed by atoms with Gasteiger partial charge in [0.15, 0.2) is 5.78 Å². The fourth-order valence-electron chi connectivity index (χ4n) is 2.83. The molecule has 1 aliphatic carbocycles. The maximum Gasteiger partial charge on any atom is 0.220 e. The Bertz CT molecular complexity index is 532. The highest BCUT2D eigenvalue weighted by Crippen LogP contribution is 2.22. The van der Waals surface area contributed by atoms with Gasteiger partial charge >= 0.3 is 0 Å². The third-order valence-corrected chi connectivity index (χ3v) is 4.12.